The van der Waals surface area contributed by atoms with Crippen molar-refractivity contribution in [3.63, 3.8) is 0 Å². The Labute approximate surface area is 147 Å². The fraction of sp³-hybridized carbons (Fsp3) is 0.706. The van der Waals surface area contributed by atoms with Crippen molar-refractivity contribution in [3.8, 4) is 0 Å². The number of aromatic nitrogens is 4. The molecule has 3 heterocycles. The van der Waals surface area contributed by atoms with Gasteiger partial charge in [0.25, 0.3) is 0 Å². The molecule has 2 aromatic rings. The van der Waals surface area contributed by atoms with E-state index in [1.807, 2.05) is 24.7 Å². The van der Waals surface area contributed by atoms with Crippen molar-refractivity contribution in [2.45, 2.75) is 44.9 Å². The van der Waals surface area contributed by atoms with Crippen LogP contribution in [0.5, 0.6) is 0 Å². The molecule has 0 saturated carbocycles. The van der Waals surface area contributed by atoms with Crippen LogP contribution < -0.4 is 0 Å². The molecule has 0 aliphatic carbocycles. The number of hydrogen-bond acceptors (Lipinski definition) is 6. The van der Waals surface area contributed by atoms with Gasteiger partial charge >= 0.3 is 0 Å². The maximum absolute atomic E-state index is 14.0. The summed E-state index contributed by atoms with van der Waals surface area (Å²) in [6.45, 7) is 4.79. The molecule has 1 fully saturated rings. The molecule has 1 aliphatic rings. The Morgan fingerprint density at radius 3 is 2.96 bits per heavy atom. The quantitative estimate of drug-likeness (QED) is 0.720. The molecule has 2 atom stereocenters. The van der Waals surface area contributed by atoms with E-state index in [9.17, 15) is 4.39 Å². The van der Waals surface area contributed by atoms with Crippen molar-refractivity contribution < 1.29 is 8.91 Å². The van der Waals surface area contributed by atoms with Crippen molar-refractivity contribution in [2.75, 3.05) is 26.7 Å². The van der Waals surface area contributed by atoms with Crippen LogP contribution >= 0.6 is 0 Å². The van der Waals surface area contributed by atoms with Crippen molar-refractivity contribution in [1.29, 1.82) is 0 Å². The molecule has 0 aromatic carbocycles. The number of likely N-dealkylation sites (tertiary alicyclic amines) is 1. The summed E-state index contributed by atoms with van der Waals surface area (Å²) in [5.41, 5.74) is 0. The molecule has 138 valence electrons. The molecule has 1 saturated heterocycles. The summed E-state index contributed by atoms with van der Waals surface area (Å²) in [7, 11) is 4.06. The van der Waals surface area contributed by atoms with E-state index in [2.05, 4.69) is 32.0 Å². The summed E-state index contributed by atoms with van der Waals surface area (Å²) < 4.78 is 21.1. The van der Waals surface area contributed by atoms with Crippen LogP contribution in [0.25, 0.3) is 0 Å². The largest absolute Gasteiger partial charge is 0.339 e. The predicted octanol–water partition coefficient (Wildman–Crippen LogP) is 1.59. The van der Waals surface area contributed by atoms with Crippen LogP contribution in [0.3, 0.4) is 0 Å². The highest BCUT2D eigenvalue weighted by Gasteiger charge is 2.33. The molecule has 0 N–H and O–H groups in total. The molecule has 7 nitrogen and oxygen atoms in total. The maximum atomic E-state index is 14.0. The lowest BCUT2D eigenvalue weighted by molar-refractivity contribution is 0.178. The SMILES string of the molecule is Cc1noc(CCCN(C)C[C@@H]2C[C@H](F)CN2Cc2nccn2C)n1. The zero-order valence-electron chi connectivity index (χ0n) is 15.2. The number of alkyl halides is 1. The van der Waals surface area contributed by atoms with Gasteiger partial charge in [-0.15, -0.1) is 0 Å². The summed E-state index contributed by atoms with van der Waals surface area (Å²) in [4.78, 5) is 13.1. The second-order valence-corrected chi connectivity index (χ2v) is 6.97. The van der Waals surface area contributed by atoms with Crippen LogP contribution in [0.1, 0.15) is 30.4 Å². The lowest BCUT2D eigenvalue weighted by Gasteiger charge is -2.28. The average Bonchev–Trinajstić information content (AvgIpc) is 3.23. The topological polar surface area (TPSA) is 63.2 Å². The lowest BCUT2D eigenvalue weighted by Crippen LogP contribution is -2.39. The zero-order valence-corrected chi connectivity index (χ0v) is 15.2. The molecular weight excluding hydrogens is 323 g/mol. The molecule has 1 aliphatic heterocycles. The van der Waals surface area contributed by atoms with Gasteiger partial charge in [-0.1, -0.05) is 5.16 Å². The van der Waals surface area contributed by atoms with E-state index in [0.717, 1.165) is 31.8 Å². The van der Waals surface area contributed by atoms with E-state index in [1.54, 1.807) is 6.20 Å². The fourth-order valence-corrected chi connectivity index (χ4v) is 3.43. The summed E-state index contributed by atoms with van der Waals surface area (Å²) in [6, 6.07) is 0.224. The highest BCUT2D eigenvalue weighted by Crippen LogP contribution is 2.23. The van der Waals surface area contributed by atoms with Gasteiger partial charge in [0.2, 0.25) is 5.89 Å². The number of nitrogens with zero attached hydrogens (tertiary/aromatic N) is 6. The summed E-state index contributed by atoms with van der Waals surface area (Å²) in [5, 5.41) is 3.80. The normalized spacial score (nSPS) is 21.5. The van der Waals surface area contributed by atoms with Gasteiger partial charge in [-0.3, -0.25) is 4.90 Å². The van der Waals surface area contributed by atoms with E-state index >= 15 is 0 Å². The van der Waals surface area contributed by atoms with E-state index < -0.39 is 6.17 Å². The summed E-state index contributed by atoms with van der Waals surface area (Å²) in [5.74, 6) is 2.34. The van der Waals surface area contributed by atoms with E-state index in [-0.39, 0.29) is 6.04 Å². The van der Waals surface area contributed by atoms with Crippen molar-refractivity contribution >= 4 is 0 Å². The molecule has 0 radical (unpaired) electrons. The van der Waals surface area contributed by atoms with E-state index in [1.165, 1.54) is 0 Å². The molecule has 3 rings (SSSR count). The van der Waals surface area contributed by atoms with Crippen LogP contribution in [0.15, 0.2) is 16.9 Å². The molecule has 25 heavy (non-hydrogen) atoms. The molecule has 0 spiro atoms. The molecular formula is C17H27FN6O. The Bertz CT molecular complexity index is 672. The third-order valence-corrected chi connectivity index (χ3v) is 4.76. The monoisotopic (exact) mass is 350 g/mol. The first-order valence-electron chi connectivity index (χ1n) is 8.83. The van der Waals surface area contributed by atoms with Gasteiger partial charge in [-0.25, -0.2) is 9.37 Å². The first-order valence-corrected chi connectivity index (χ1v) is 8.83. The molecule has 0 amide bonds. The van der Waals surface area contributed by atoms with Gasteiger partial charge in [0.15, 0.2) is 5.82 Å². The molecule has 0 bridgehead atoms. The van der Waals surface area contributed by atoms with Gasteiger partial charge < -0.3 is 14.0 Å². The standard InChI is InChI=1S/C17H27FN6O/c1-13-20-17(25-21-13)5-4-7-22(2)11-15-9-14(18)10-24(15)12-16-19-6-8-23(16)3/h6,8,14-15H,4-5,7,9-12H2,1-3H3/t14-,15-/m0/s1. The van der Waals surface area contributed by atoms with Crippen LogP contribution in [0.2, 0.25) is 0 Å². The van der Waals surface area contributed by atoms with E-state index in [4.69, 9.17) is 4.52 Å². The summed E-state index contributed by atoms with van der Waals surface area (Å²) in [6.07, 6.45) is 5.29. The zero-order chi connectivity index (χ0) is 17.8. The molecule has 8 heteroatoms. The highest BCUT2D eigenvalue weighted by atomic mass is 19.1. The Morgan fingerprint density at radius 1 is 1.44 bits per heavy atom. The molecule has 2 aromatic heterocycles. The Hall–Kier alpha value is -1.80. The van der Waals surface area contributed by atoms with Crippen LogP contribution in [0, 0.1) is 6.92 Å². The van der Waals surface area contributed by atoms with Crippen LogP contribution in [-0.4, -0.2) is 68.4 Å². The minimum Gasteiger partial charge on any atom is -0.339 e. The minimum absolute atomic E-state index is 0.224. The maximum Gasteiger partial charge on any atom is 0.226 e. The predicted molar refractivity (Wildman–Crippen MR) is 91.8 cm³/mol. The number of likely N-dealkylation sites (N-methyl/N-ethyl adjacent to an activating group) is 1. The number of rotatable bonds is 8. The van der Waals surface area contributed by atoms with E-state index in [0.29, 0.717) is 31.2 Å². The van der Waals surface area contributed by atoms with Crippen molar-refractivity contribution in [1.82, 2.24) is 29.5 Å². The van der Waals surface area contributed by atoms with Gasteiger partial charge in [-0.2, -0.15) is 4.98 Å². The van der Waals surface area contributed by atoms with Crippen LogP contribution in [-0.2, 0) is 20.0 Å². The van der Waals surface area contributed by atoms with Crippen molar-refractivity contribution in [2.24, 2.45) is 7.05 Å². The number of halogens is 1. The number of hydrogen-bond donors (Lipinski definition) is 0. The van der Waals surface area contributed by atoms with Gasteiger partial charge in [0.1, 0.15) is 12.0 Å². The Morgan fingerprint density at radius 2 is 2.28 bits per heavy atom. The summed E-state index contributed by atoms with van der Waals surface area (Å²) >= 11 is 0. The van der Waals surface area contributed by atoms with Gasteiger partial charge in [0.05, 0.1) is 6.54 Å². The van der Waals surface area contributed by atoms with Crippen molar-refractivity contribution in [3.05, 3.63) is 29.9 Å². The first-order chi connectivity index (χ1) is 12.0. The fourth-order valence-electron chi connectivity index (χ4n) is 3.43. The Kier molecular flexibility index (Phi) is 5.80. The number of imidazole rings is 1. The average molecular weight is 350 g/mol. The second kappa shape index (κ2) is 8.05. The lowest BCUT2D eigenvalue weighted by atomic mass is 10.2. The third-order valence-electron chi connectivity index (χ3n) is 4.76. The Balaban J connectivity index is 1.46. The van der Waals surface area contributed by atoms with Gasteiger partial charge in [0, 0.05) is 45.0 Å². The second-order valence-electron chi connectivity index (χ2n) is 6.97. The minimum atomic E-state index is -0.750. The first kappa shape index (κ1) is 18.0. The van der Waals surface area contributed by atoms with Gasteiger partial charge in [-0.05, 0) is 33.4 Å². The number of aryl methyl sites for hydroxylation is 3. The highest BCUT2D eigenvalue weighted by molar-refractivity contribution is 4.95. The smallest absolute Gasteiger partial charge is 0.226 e. The van der Waals surface area contributed by atoms with Crippen LogP contribution in [0.4, 0.5) is 4.39 Å². The molecule has 0 unspecified atom stereocenters. The third kappa shape index (κ3) is 4.85.